The summed E-state index contributed by atoms with van der Waals surface area (Å²) in [5.74, 6) is 0. The third-order valence-corrected chi connectivity index (χ3v) is 1.38. The van der Waals surface area contributed by atoms with Gasteiger partial charge in [-0.3, -0.25) is 0 Å². The molecule has 0 fully saturated rings. The number of carbonyl (C=O) groups excluding carboxylic acids is 1. The summed E-state index contributed by atoms with van der Waals surface area (Å²) >= 11 is 0. The molecule has 0 saturated heterocycles. The van der Waals surface area contributed by atoms with Gasteiger partial charge in [0.15, 0.2) is 0 Å². The lowest BCUT2D eigenvalue weighted by molar-refractivity contribution is -0.109. The largest absolute Gasteiger partial charge is 0.309 e. The lowest BCUT2D eigenvalue weighted by Crippen LogP contribution is -2.28. The van der Waals surface area contributed by atoms with Crippen molar-refractivity contribution in [2.45, 2.75) is 20.3 Å². The van der Waals surface area contributed by atoms with E-state index in [0.717, 1.165) is 12.8 Å². The Hall–Kier alpha value is -0.370. The molecule has 0 aliphatic rings. The number of aldehydes is 1. The van der Waals surface area contributed by atoms with E-state index in [0.29, 0.717) is 6.42 Å². The van der Waals surface area contributed by atoms with Gasteiger partial charge in [0.05, 0.1) is 0 Å². The van der Waals surface area contributed by atoms with Crippen molar-refractivity contribution in [3.63, 3.8) is 0 Å². The van der Waals surface area contributed by atoms with Gasteiger partial charge in [-0.15, -0.1) is 0 Å². The highest BCUT2D eigenvalue weighted by Gasteiger charge is 2.17. The molecule has 60 valence electrons. The molecule has 0 aromatic rings. The lowest BCUT2D eigenvalue weighted by Gasteiger charge is -2.25. The monoisotopic (exact) mass is 143 g/mol. The average Bonchev–Trinajstić information content (AvgIpc) is 1.59. The van der Waals surface area contributed by atoms with Gasteiger partial charge in [-0.1, -0.05) is 13.8 Å². The number of hydrogen-bond donors (Lipinski definition) is 0. The standard InChI is InChI=1S/C8H17NO/c1-8(2,5-6-10)7-9(3)4/h6H,5,7H2,1-4H3. The highest BCUT2D eigenvalue weighted by Crippen LogP contribution is 2.18. The Labute approximate surface area is 63.2 Å². The minimum Gasteiger partial charge on any atom is -0.309 e. The third kappa shape index (κ3) is 4.50. The van der Waals surface area contributed by atoms with Gasteiger partial charge in [0.1, 0.15) is 6.29 Å². The molecule has 10 heavy (non-hydrogen) atoms. The fourth-order valence-corrected chi connectivity index (χ4v) is 1.15. The summed E-state index contributed by atoms with van der Waals surface area (Å²) < 4.78 is 0. The van der Waals surface area contributed by atoms with Crippen molar-refractivity contribution in [2.24, 2.45) is 5.41 Å². The quantitative estimate of drug-likeness (QED) is 0.550. The van der Waals surface area contributed by atoms with E-state index in [1.54, 1.807) is 0 Å². The van der Waals surface area contributed by atoms with E-state index in [-0.39, 0.29) is 5.41 Å². The molecule has 0 atom stereocenters. The topological polar surface area (TPSA) is 20.3 Å². The first kappa shape index (κ1) is 9.63. The molecule has 0 bridgehead atoms. The first-order chi connectivity index (χ1) is 4.48. The molecule has 0 aromatic heterocycles. The first-order valence-electron chi connectivity index (χ1n) is 3.56. The highest BCUT2D eigenvalue weighted by molar-refractivity contribution is 5.50. The predicted molar refractivity (Wildman–Crippen MR) is 43.0 cm³/mol. The zero-order chi connectivity index (χ0) is 8.20. The molecule has 0 N–H and O–H groups in total. The van der Waals surface area contributed by atoms with E-state index in [4.69, 9.17) is 0 Å². The van der Waals surface area contributed by atoms with E-state index in [2.05, 4.69) is 18.7 Å². The summed E-state index contributed by atoms with van der Waals surface area (Å²) in [6, 6.07) is 0. The van der Waals surface area contributed by atoms with E-state index < -0.39 is 0 Å². The van der Waals surface area contributed by atoms with Crippen molar-refractivity contribution in [3.05, 3.63) is 0 Å². The summed E-state index contributed by atoms with van der Waals surface area (Å²) in [7, 11) is 4.04. The van der Waals surface area contributed by atoms with Crippen LogP contribution in [-0.4, -0.2) is 31.8 Å². The number of nitrogens with zero attached hydrogens (tertiary/aromatic N) is 1. The molecule has 0 unspecified atom stereocenters. The first-order valence-corrected chi connectivity index (χ1v) is 3.56. The Morgan fingerprint density at radius 3 is 2.20 bits per heavy atom. The van der Waals surface area contributed by atoms with E-state index in [1.807, 2.05) is 14.1 Å². The second-order valence-electron chi connectivity index (χ2n) is 3.77. The molecule has 0 saturated carbocycles. The van der Waals surface area contributed by atoms with Gasteiger partial charge in [-0.2, -0.15) is 0 Å². The maximum atomic E-state index is 10.2. The molecule has 0 spiro atoms. The molecule has 2 nitrogen and oxygen atoms in total. The van der Waals surface area contributed by atoms with Gasteiger partial charge in [-0.25, -0.2) is 0 Å². The Kier molecular flexibility index (Phi) is 3.58. The van der Waals surface area contributed by atoms with Crippen LogP contribution >= 0.6 is 0 Å². The normalized spacial score (nSPS) is 12.1. The van der Waals surface area contributed by atoms with Gasteiger partial charge in [-0.05, 0) is 19.5 Å². The molecule has 0 radical (unpaired) electrons. The third-order valence-electron chi connectivity index (χ3n) is 1.38. The summed E-state index contributed by atoms with van der Waals surface area (Å²) in [4.78, 5) is 12.3. The second-order valence-corrected chi connectivity index (χ2v) is 3.77. The molecule has 2 heteroatoms. The van der Waals surface area contributed by atoms with Crippen molar-refractivity contribution in [1.29, 1.82) is 0 Å². The SMILES string of the molecule is CN(C)CC(C)(C)CC=O. The van der Waals surface area contributed by atoms with Crippen LogP contribution in [0.5, 0.6) is 0 Å². The minimum atomic E-state index is 0.130. The van der Waals surface area contributed by atoms with Crippen LogP contribution in [0.25, 0.3) is 0 Å². The van der Waals surface area contributed by atoms with Crippen molar-refractivity contribution >= 4 is 6.29 Å². The van der Waals surface area contributed by atoms with Gasteiger partial charge < -0.3 is 9.69 Å². The Bertz CT molecular complexity index is 108. The molecule has 0 heterocycles. The predicted octanol–water partition coefficient (Wildman–Crippen LogP) is 1.16. The van der Waals surface area contributed by atoms with Crippen LogP contribution in [0.1, 0.15) is 20.3 Å². The second kappa shape index (κ2) is 3.71. The Balaban J connectivity index is 3.73. The smallest absolute Gasteiger partial charge is 0.120 e. The molecule has 0 amide bonds. The zero-order valence-corrected chi connectivity index (χ0v) is 7.35. The molecule has 0 aromatic carbocycles. The van der Waals surface area contributed by atoms with Crippen molar-refractivity contribution < 1.29 is 4.79 Å². The van der Waals surface area contributed by atoms with Crippen LogP contribution in [0.15, 0.2) is 0 Å². The van der Waals surface area contributed by atoms with Gasteiger partial charge in [0.25, 0.3) is 0 Å². The van der Waals surface area contributed by atoms with E-state index in [1.165, 1.54) is 0 Å². The summed E-state index contributed by atoms with van der Waals surface area (Å²) in [6.45, 7) is 5.16. The zero-order valence-electron chi connectivity index (χ0n) is 7.35. The minimum absolute atomic E-state index is 0.130. The van der Waals surface area contributed by atoms with Crippen LogP contribution in [0.2, 0.25) is 0 Å². The summed E-state index contributed by atoms with van der Waals surface area (Å²) in [6.07, 6.45) is 1.63. The summed E-state index contributed by atoms with van der Waals surface area (Å²) in [5, 5.41) is 0. The maximum absolute atomic E-state index is 10.2. The van der Waals surface area contributed by atoms with Crippen LogP contribution in [0.3, 0.4) is 0 Å². The van der Waals surface area contributed by atoms with Crippen LogP contribution in [0.4, 0.5) is 0 Å². The average molecular weight is 143 g/mol. The molecule has 0 rings (SSSR count). The fourth-order valence-electron chi connectivity index (χ4n) is 1.15. The van der Waals surface area contributed by atoms with Gasteiger partial charge >= 0.3 is 0 Å². The fraction of sp³-hybridized carbons (Fsp3) is 0.875. The Morgan fingerprint density at radius 2 is 1.90 bits per heavy atom. The summed E-state index contributed by atoms with van der Waals surface area (Å²) in [5.41, 5.74) is 0.130. The molecular formula is C8H17NO. The van der Waals surface area contributed by atoms with Crippen molar-refractivity contribution in [3.8, 4) is 0 Å². The number of hydrogen-bond acceptors (Lipinski definition) is 2. The van der Waals surface area contributed by atoms with Gasteiger partial charge in [0, 0.05) is 13.0 Å². The van der Waals surface area contributed by atoms with Crippen molar-refractivity contribution in [1.82, 2.24) is 4.90 Å². The van der Waals surface area contributed by atoms with E-state index in [9.17, 15) is 4.79 Å². The Morgan fingerprint density at radius 1 is 1.40 bits per heavy atom. The highest BCUT2D eigenvalue weighted by atomic mass is 16.1. The van der Waals surface area contributed by atoms with Gasteiger partial charge in [0.2, 0.25) is 0 Å². The molecule has 0 aliphatic heterocycles. The number of carbonyl (C=O) groups is 1. The van der Waals surface area contributed by atoms with Crippen molar-refractivity contribution in [2.75, 3.05) is 20.6 Å². The van der Waals surface area contributed by atoms with Crippen LogP contribution in [0, 0.1) is 5.41 Å². The number of rotatable bonds is 4. The molecular weight excluding hydrogens is 126 g/mol. The van der Waals surface area contributed by atoms with E-state index >= 15 is 0 Å². The lowest BCUT2D eigenvalue weighted by atomic mass is 9.90. The maximum Gasteiger partial charge on any atom is 0.120 e. The van der Waals surface area contributed by atoms with Crippen LogP contribution in [-0.2, 0) is 4.79 Å². The molecule has 0 aliphatic carbocycles. The van der Waals surface area contributed by atoms with Crippen LogP contribution < -0.4 is 0 Å².